The molecule has 0 unspecified atom stereocenters. The summed E-state index contributed by atoms with van der Waals surface area (Å²) in [5.41, 5.74) is 1.12. The Balaban J connectivity index is 2.79. The summed E-state index contributed by atoms with van der Waals surface area (Å²) in [4.78, 5) is 4.45. The van der Waals surface area contributed by atoms with Crippen LogP contribution in [0.25, 0.3) is 0 Å². The highest BCUT2D eigenvalue weighted by Gasteiger charge is 2.03. The van der Waals surface area contributed by atoms with Gasteiger partial charge in [-0.15, -0.1) is 0 Å². The van der Waals surface area contributed by atoms with Crippen molar-refractivity contribution < 1.29 is 0 Å². The molecule has 0 bridgehead atoms. The Labute approximate surface area is 79.0 Å². The monoisotopic (exact) mass is 177 g/mol. The van der Waals surface area contributed by atoms with Crippen LogP contribution in [0.2, 0.25) is 0 Å². The predicted octanol–water partition coefficient (Wildman–Crippen LogP) is 1.92. The molecule has 3 nitrogen and oxygen atoms in total. The molecule has 0 amide bonds. The third-order valence-electron chi connectivity index (χ3n) is 2.05. The zero-order valence-electron chi connectivity index (χ0n) is 8.25. The number of imidazole rings is 1. The van der Waals surface area contributed by atoms with Crippen molar-refractivity contribution in [3.8, 4) is 6.07 Å². The van der Waals surface area contributed by atoms with E-state index in [0.29, 0.717) is 6.42 Å². The average Bonchev–Trinajstić information content (AvgIpc) is 2.57. The summed E-state index contributed by atoms with van der Waals surface area (Å²) >= 11 is 0. The van der Waals surface area contributed by atoms with E-state index in [0.717, 1.165) is 30.9 Å². The van der Waals surface area contributed by atoms with Gasteiger partial charge in [-0.05, 0) is 6.42 Å². The summed E-state index contributed by atoms with van der Waals surface area (Å²) < 4.78 is 2.09. The average molecular weight is 177 g/mol. The number of aryl methyl sites for hydroxylation is 3. The fourth-order valence-corrected chi connectivity index (χ4v) is 1.33. The normalized spacial score (nSPS) is 9.92. The second-order valence-electron chi connectivity index (χ2n) is 2.96. The highest BCUT2D eigenvalue weighted by molar-refractivity contribution is 5.04. The fourth-order valence-electron chi connectivity index (χ4n) is 1.33. The lowest BCUT2D eigenvalue weighted by Crippen LogP contribution is -2.00. The van der Waals surface area contributed by atoms with Gasteiger partial charge in [0.15, 0.2) is 0 Å². The van der Waals surface area contributed by atoms with E-state index < -0.39 is 0 Å². The van der Waals surface area contributed by atoms with E-state index in [9.17, 15) is 0 Å². The smallest absolute Gasteiger partial charge is 0.108 e. The Morgan fingerprint density at radius 2 is 2.23 bits per heavy atom. The topological polar surface area (TPSA) is 41.6 Å². The maximum absolute atomic E-state index is 8.47. The van der Waals surface area contributed by atoms with Gasteiger partial charge in [-0.25, -0.2) is 4.98 Å². The lowest BCUT2D eigenvalue weighted by molar-refractivity contribution is 0.670. The molecule has 0 fully saturated rings. The van der Waals surface area contributed by atoms with E-state index in [2.05, 4.69) is 35.7 Å². The van der Waals surface area contributed by atoms with Crippen molar-refractivity contribution in [3.05, 3.63) is 17.7 Å². The van der Waals surface area contributed by atoms with Gasteiger partial charge in [-0.1, -0.05) is 13.8 Å². The molecule has 0 radical (unpaired) electrons. The van der Waals surface area contributed by atoms with Crippen LogP contribution in [0.3, 0.4) is 0 Å². The maximum Gasteiger partial charge on any atom is 0.108 e. The van der Waals surface area contributed by atoms with Crippen molar-refractivity contribution in [2.75, 3.05) is 0 Å². The molecule has 1 aromatic rings. The van der Waals surface area contributed by atoms with Gasteiger partial charge in [0.25, 0.3) is 0 Å². The first-order chi connectivity index (χ1) is 6.31. The minimum Gasteiger partial charge on any atom is -0.334 e. The van der Waals surface area contributed by atoms with Crippen LogP contribution in [0, 0.1) is 11.3 Å². The van der Waals surface area contributed by atoms with Crippen molar-refractivity contribution in [3.63, 3.8) is 0 Å². The Bertz CT molecular complexity index is 306. The molecule has 3 heteroatoms. The lowest BCUT2D eigenvalue weighted by Gasteiger charge is -2.01. The van der Waals surface area contributed by atoms with E-state index >= 15 is 0 Å². The minimum atomic E-state index is 0.562. The molecule has 0 aliphatic carbocycles. The molecule has 1 rings (SSSR count). The van der Waals surface area contributed by atoms with Gasteiger partial charge in [0.2, 0.25) is 0 Å². The molecule has 0 aliphatic heterocycles. The fraction of sp³-hybridized carbons (Fsp3) is 0.600. The second-order valence-corrected chi connectivity index (χ2v) is 2.96. The van der Waals surface area contributed by atoms with Crippen molar-refractivity contribution in [2.24, 2.45) is 0 Å². The molecule has 0 saturated carbocycles. The van der Waals surface area contributed by atoms with Crippen LogP contribution < -0.4 is 0 Å². The largest absolute Gasteiger partial charge is 0.334 e. The van der Waals surface area contributed by atoms with Crippen molar-refractivity contribution in [1.82, 2.24) is 9.55 Å². The molecule has 0 aromatic carbocycles. The zero-order chi connectivity index (χ0) is 9.68. The van der Waals surface area contributed by atoms with Crippen LogP contribution in [0.1, 0.15) is 31.8 Å². The molecule has 0 spiro atoms. The second kappa shape index (κ2) is 4.66. The number of hydrogen-bond acceptors (Lipinski definition) is 2. The van der Waals surface area contributed by atoms with Gasteiger partial charge in [0.05, 0.1) is 18.2 Å². The SMILES string of the molecule is CCc1cn(CCC#N)c(CC)n1. The van der Waals surface area contributed by atoms with E-state index in [1.54, 1.807) is 0 Å². The maximum atomic E-state index is 8.47. The molecule has 0 saturated heterocycles. The first kappa shape index (κ1) is 9.79. The molecule has 70 valence electrons. The Hall–Kier alpha value is -1.30. The van der Waals surface area contributed by atoms with Crippen molar-refractivity contribution in [2.45, 2.75) is 39.7 Å². The molecular weight excluding hydrogens is 162 g/mol. The summed E-state index contributed by atoms with van der Waals surface area (Å²) in [5.74, 6) is 1.09. The summed E-state index contributed by atoms with van der Waals surface area (Å²) in [7, 11) is 0. The van der Waals surface area contributed by atoms with Gasteiger partial charge in [0, 0.05) is 19.2 Å². The van der Waals surface area contributed by atoms with Crippen LogP contribution >= 0.6 is 0 Å². The predicted molar refractivity (Wildman–Crippen MR) is 51.2 cm³/mol. The minimum absolute atomic E-state index is 0.562. The zero-order valence-corrected chi connectivity index (χ0v) is 8.25. The van der Waals surface area contributed by atoms with Gasteiger partial charge < -0.3 is 4.57 Å². The van der Waals surface area contributed by atoms with E-state index in [4.69, 9.17) is 5.26 Å². The van der Waals surface area contributed by atoms with Gasteiger partial charge in [-0.3, -0.25) is 0 Å². The number of nitriles is 1. The van der Waals surface area contributed by atoms with Crippen LogP contribution in [0.4, 0.5) is 0 Å². The van der Waals surface area contributed by atoms with Gasteiger partial charge in [-0.2, -0.15) is 5.26 Å². The van der Waals surface area contributed by atoms with Gasteiger partial charge >= 0.3 is 0 Å². The Morgan fingerprint density at radius 3 is 2.77 bits per heavy atom. The summed E-state index contributed by atoms with van der Waals surface area (Å²) in [6.45, 7) is 4.95. The van der Waals surface area contributed by atoms with E-state index in [1.807, 2.05) is 0 Å². The van der Waals surface area contributed by atoms with E-state index in [-0.39, 0.29) is 0 Å². The lowest BCUT2D eigenvalue weighted by atomic mass is 10.4. The highest BCUT2D eigenvalue weighted by Crippen LogP contribution is 2.05. The summed E-state index contributed by atoms with van der Waals surface area (Å²) in [6.07, 6.45) is 4.51. The Morgan fingerprint density at radius 1 is 1.46 bits per heavy atom. The van der Waals surface area contributed by atoms with Crippen LogP contribution in [0.5, 0.6) is 0 Å². The standard InChI is InChI=1S/C10H15N3/c1-3-9-8-13(7-5-6-11)10(4-2)12-9/h8H,3-5,7H2,1-2H3. The first-order valence-corrected chi connectivity index (χ1v) is 4.73. The quantitative estimate of drug-likeness (QED) is 0.705. The first-order valence-electron chi connectivity index (χ1n) is 4.73. The van der Waals surface area contributed by atoms with Crippen LogP contribution in [0.15, 0.2) is 6.20 Å². The molecule has 13 heavy (non-hydrogen) atoms. The number of aromatic nitrogens is 2. The molecule has 0 aliphatic rings. The highest BCUT2D eigenvalue weighted by atomic mass is 15.1. The molecule has 1 heterocycles. The van der Waals surface area contributed by atoms with E-state index in [1.165, 1.54) is 0 Å². The van der Waals surface area contributed by atoms with Crippen LogP contribution in [-0.4, -0.2) is 9.55 Å². The molecule has 0 N–H and O–H groups in total. The third kappa shape index (κ3) is 2.32. The molecular formula is C10H15N3. The Kier molecular flexibility index (Phi) is 3.51. The molecule has 1 aromatic heterocycles. The molecule has 0 atom stereocenters. The van der Waals surface area contributed by atoms with Crippen molar-refractivity contribution in [1.29, 1.82) is 5.26 Å². The summed E-state index contributed by atoms with van der Waals surface area (Å²) in [5, 5.41) is 8.47. The number of nitrogens with zero attached hydrogens (tertiary/aromatic N) is 3. The van der Waals surface area contributed by atoms with Crippen molar-refractivity contribution >= 4 is 0 Å². The third-order valence-corrected chi connectivity index (χ3v) is 2.05. The van der Waals surface area contributed by atoms with Gasteiger partial charge in [0.1, 0.15) is 5.82 Å². The summed E-state index contributed by atoms with van der Waals surface area (Å²) in [6, 6.07) is 2.15. The number of hydrogen-bond donors (Lipinski definition) is 0. The number of rotatable bonds is 4. The van der Waals surface area contributed by atoms with Crippen LogP contribution in [-0.2, 0) is 19.4 Å².